The van der Waals surface area contributed by atoms with Crippen LogP contribution in [0.2, 0.25) is 0 Å². The number of morpholine rings is 1. The number of fused-ring (bicyclic) bond motifs is 3. The molecule has 0 amide bonds. The standard InChI is InChI=1S/C26H28F3N5O3/c1-13-31-19-11-21(34-5-6-37-20(12-34)14-3-4-30-22(35)9-14)32-24(23(19)25(36)33(13)2)17-10-18(26(27,28)29)16-7-15(17)8-16/h3-4,9,11,15-18,20H,5-8,10,12H2,1-2H3,(H,30,35)/t15?,16?,17-,18+,20?/m1/s1. The van der Waals surface area contributed by atoms with Crippen LogP contribution in [-0.4, -0.2) is 45.4 Å². The zero-order valence-electron chi connectivity index (χ0n) is 20.6. The number of H-pyrrole nitrogens is 1. The highest BCUT2D eigenvalue weighted by molar-refractivity contribution is 5.83. The number of ether oxygens (including phenoxy) is 1. The molecule has 37 heavy (non-hydrogen) atoms. The summed E-state index contributed by atoms with van der Waals surface area (Å²) in [7, 11) is 1.62. The van der Waals surface area contributed by atoms with Crippen molar-refractivity contribution in [2.75, 3.05) is 24.6 Å². The number of aromatic nitrogens is 4. The molecular weight excluding hydrogens is 487 g/mol. The number of aromatic amines is 1. The fourth-order valence-corrected chi connectivity index (χ4v) is 6.32. The quantitative estimate of drug-likeness (QED) is 0.573. The highest BCUT2D eigenvalue weighted by Crippen LogP contribution is 2.59. The Morgan fingerprint density at radius 3 is 2.62 bits per heavy atom. The number of pyridine rings is 2. The average Bonchev–Trinajstić information content (AvgIpc) is 2.85. The molecule has 1 unspecified atom stereocenters. The lowest BCUT2D eigenvalue weighted by atomic mass is 9.54. The molecule has 1 saturated heterocycles. The number of nitrogens with one attached hydrogen (secondary N) is 1. The van der Waals surface area contributed by atoms with Crippen molar-refractivity contribution in [3.63, 3.8) is 0 Å². The highest BCUT2D eigenvalue weighted by atomic mass is 19.4. The molecule has 3 aliphatic carbocycles. The van der Waals surface area contributed by atoms with Gasteiger partial charge in [0.2, 0.25) is 5.56 Å². The Labute approximate surface area is 210 Å². The van der Waals surface area contributed by atoms with Crippen LogP contribution in [0.4, 0.5) is 19.0 Å². The van der Waals surface area contributed by atoms with Gasteiger partial charge >= 0.3 is 6.18 Å². The van der Waals surface area contributed by atoms with Gasteiger partial charge in [0.05, 0.1) is 29.1 Å². The Kier molecular flexibility index (Phi) is 5.66. The zero-order chi connectivity index (χ0) is 26.1. The molecule has 7 rings (SSSR count). The topological polar surface area (TPSA) is 93.1 Å². The Morgan fingerprint density at radius 1 is 1.11 bits per heavy atom. The molecule has 3 aromatic rings. The summed E-state index contributed by atoms with van der Waals surface area (Å²) in [6.45, 7) is 3.05. The van der Waals surface area contributed by atoms with Crippen LogP contribution in [0.1, 0.15) is 48.4 Å². The van der Waals surface area contributed by atoms with Crippen LogP contribution in [0.25, 0.3) is 10.9 Å². The van der Waals surface area contributed by atoms with E-state index in [1.807, 2.05) is 4.90 Å². The molecule has 3 aromatic heterocycles. The van der Waals surface area contributed by atoms with Crippen LogP contribution in [0.5, 0.6) is 0 Å². The molecule has 1 aliphatic heterocycles. The Bertz CT molecular complexity index is 1480. The summed E-state index contributed by atoms with van der Waals surface area (Å²) in [5.74, 6) is -1.02. The maximum atomic E-state index is 13.9. The first-order chi connectivity index (χ1) is 17.6. The molecule has 196 valence electrons. The number of halogens is 3. The van der Waals surface area contributed by atoms with E-state index in [1.165, 1.54) is 10.6 Å². The highest BCUT2D eigenvalue weighted by Gasteiger charge is 2.56. The van der Waals surface area contributed by atoms with Crippen LogP contribution >= 0.6 is 0 Å². The van der Waals surface area contributed by atoms with E-state index < -0.39 is 18.0 Å². The molecule has 2 bridgehead atoms. The van der Waals surface area contributed by atoms with E-state index in [4.69, 9.17) is 9.72 Å². The molecule has 1 N–H and O–H groups in total. The monoisotopic (exact) mass is 515 g/mol. The summed E-state index contributed by atoms with van der Waals surface area (Å²) in [4.78, 5) is 39.3. The smallest absolute Gasteiger partial charge is 0.370 e. The third-order valence-electron chi connectivity index (χ3n) is 8.49. The molecule has 3 atom stereocenters. The molecule has 0 aromatic carbocycles. The lowest BCUT2D eigenvalue weighted by Gasteiger charge is -2.51. The zero-order valence-corrected chi connectivity index (χ0v) is 20.6. The molecule has 4 fully saturated rings. The minimum atomic E-state index is -4.27. The molecule has 4 aliphatic rings. The number of rotatable bonds is 3. The second-order valence-electron chi connectivity index (χ2n) is 10.6. The van der Waals surface area contributed by atoms with Gasteiger partial charge in [-0.1, -0.05) is 0 Å². The van der Waals surface area contributed by atoms with Crippen LogP contribution in [0.15, 0.2) is 34.0 Å². The average molecular weight is 516 g/mol. The molecule has 0 spiro atoms. The molecule has 0 radical (unpaired) electrons. The van der Waals surface area contributed by atoms with Crippen molar-refractivity contribution in [3.8, 4) is 0 Å². The van der Waals surface area contributed by atoms with Gasteiger partial charge in [-0.3, -0.25) is 14.2 Å². The van der Waals surface area contributed by atoms with Crippen LogP contribution in [0.3, 0.4) is 0 Å². The third-order valence-corrected chi connectivity index (χ3v) is 8.49. The summed E-state index contributed by atoms with van der Waals surface area (Å²) < 4.78 is 49.0. The summed E-state index contributed by atoms with van der Waals surface area (Å²) in [6, 6.07) is 5.03. The molecule has 8 nitrogen and oxygen atoms in total. The fourth-order valence-electron chi connectivity index (χ4n) is 6.32. The predicted molar refractivity (Wildman–Crippen MR) is 131 cm³/mol. The van der Waals surface area contributed by atoms with E-state index in [9.17, 15) is 22.8 Å². The first-order valence-electron chi connectivity index (χ1n) is 12.6. The lowest BCUT2D eigenvalue weighted by Crippen LogP contribution is -2.47. The molecular formula is C26H28F3N5O3. The van der Waals surface area contributed by atoms with Crippen LogP contribution in [0, 0.1) is 24.7 Å². The maximum absolute atomic E-state index is 13.9. The summed E-state index contributed by atoms with van der Waals surface area (Å²) in [5.41, 5.74) is 1.10. The molecule has 3 saturated carbocycles. The van der Waals surface area contributed by atoms with Crippen molar-refractivity contribution in [2.45, 2.75) is 44.4 Å². The van der Waals surface area contributed by atoms with Gasteiger partial charge in [0.1, 0.15) is 17.7 Å². The predicted octanol–water partition coefficient (Wildman–Crippen LogP) is 3.60. The van der Waals surface area contributed by atoms with E-state index in [0.717, 1.165) is 5.56 Å². The second-order valence-corrected chi connectivity index (χ2v) is 10.6. The molecule has 11 heteroatoms. The number of anilines is 1. The van der Waals surface area contributed by atoms with Crippen LogP contribution < -0.4 is 16.0 Å². The number of nitrogens with zero attached hydrogens (tertiary/aromatic N) is 4. The Morgan fingerprint density at radius 2 is 1.89 bits per heavy atom. The Balaban J connectivity index is 1.44. The summed E-state index contributed by atoms with van der Waals surface area (Å²) in [6.07, 6.45) is -2.12. The first-order valence-corrected chi connectivity index (χ1v) is 12.6. The van der Waals surface area contributed by atoms with E-state index in [-0.39, 0.29) is 35.5 Å². The van der Waals surface area contributed by atoms with Gasteiger partial charge in [0, 0.05) is 44.4 Å². The van der Waals surface area contributed by atoms with Gasteiger partial charge in [0.15, 0.2) is 0 Å². The fraction of sp³-hybridized carbons (Fsp3) is 0.538. The van der Waals surface area contributed by atoms with Gasteiger partial charge in [-0.05, 0) is 49.7 Å². The normalized spacial score (nSPS) is 27.8. The van der Waals surface area contributed by atoms with Crippen molar-refractivity contribution >= 4 is 16.7 Å². The van der Waals surface area contributed by atoms with Gasteiger partial charge in [-0.15, -0.1) is 0 Å². The van der Waals surface area contributed by atoms with Crippen molar-refractivity contribution in [1.82, 2.24) is 19.5 Å². The van der Waals surface area contributed by atoms with Gasteiger partial charge in [-0.2, -0.15) is 13.2 Å². The van der Waals surface area contributed by atoms with Crippen molar-refractivity contribution in [1.29, 1.82) is 0 Å². The SMILES string of the molecule is Cc1nc2cc(N3CCOC(c4cc[nH]c(=O)c4)C3)nc([C@@H]3C[C@H](C(F)(F)F)C4CC3C4)c2c(=O)n1C. The largest absolute Gasteiger partial charge is 0.392 e. The van der Waals surface area contributed by atoms with Crippen molar-refractivity contribution in [3.05, 3.63) is 62.2 Å². The van der Waals surface area contributed by atoms with Crippen LogP contribution in [-0.2, 0) is 11.8 Å². The first kappa shape index (κ1) is 24.1. The number of hydrogen-bond donors (Lipinski definition) is 1. The number of aryl methyl sites for hydroxylation is 1. The third kappa shape index (κ3) is 4.13. The molecule has 4 heterocycles. The van der Waals surface area contributed by atoms with Gasteiger partial charge in [-0.25, -0.2) is 9.97 Å². The second kappa shape index (κ2) is 8.68. The summed E-state index contributed by atoms with van der Waals surface area (Å²) in [5, 5.41) is 0.313. The van der Waals surface area contributed by atoms with E-state index >= 15 is 0 Å². The van der Waals surface area contributed by atoms with Crippen molar-refractivity contribution in [2.24, 2.45) is 24.8 Å². The van der Waals surface area contributed by atoms with E-state index in [2.05, 4.69) is 9.97 Å². The van der Waals surface area contributed by atoms with Gasteiger partial charge < -0.3 is 14.6 Å². The number of hydrogen-bond acceptors (Lipinski definition) is 6. The minimum absolute atomic E-state index is 0.0556. The Hall–Kier alpha value is -3.21. The van der Waals surface area contributed by atoms with E-state index in [1.54, 1.807) is 32.3 Å². The van der Waals surface area contributed by atoms with Gasteiger partial charge in [0.25, 0.3) is 5.56 Å². The van der Waals surface area contributed by atoms with Crippen molar-refractivity contribution < 1.29 is 17.9 Å². The van der Waals surface area contributed by atoms with E-state index in [0.29, 0.717) is 60.8 Å². The summed E-state index contributed by atoms with van der Waals surface area (Å²) >= 11 is 0. The minimum Gasteiger partial charge on any atom is -0.370 e. The maximum Gasteiger partial charge on any atom is 0.392 e. The number of alkyl halides is 3. The lowest BCUT2D eigenvalue weighted by molar-refractivity contribution is -0.219.